The monoisotopic (exact) mass is 334 g/mol. The first-order valence-electron chi connectivity index (χ1n) is 6.52. The third kappa shape index (κ3) is 1.98. The van der Waals surface area contributed by atoms with E-state index in [1.165, 1.54) is 0 Å². The lowest BCUT2D eigenvalue weighted by Crippen LogP contribution is -2.20. The van der Waals surface area contributed by atoms with Crippen LogP contribution in [0.2, 0.25) is 0 Å². The summed E-state index contributed by atoms with van der Waals surface area (Å²) in [5, 5.41) is 13.1. The predicted octanol–water partition coefficient (Wildman–Crippen LogP) is -0.856. The molecule has 0 amide bonds. The Kier molecular flexibility index (Phi) is 3.54. The molecule has 24 heavy (non-hydrogen) atoms. The lowest BCUT2D eigenvalue weighted by Gasteiger charge is -2.36. The van der Waals surface area contributed by atoms with Crippen molar-refractivity contribution in [1.29, 1.82) is 0 Å². The molecule has 0 bridgehead atoms. The molecule has 0 aliphatic rings. The number of anilines is 12. The fourth-order valence-corrected chi connectivity index (χ4v) is 2.22. The largest absolute Gasteiger partial charge is 0.754 e. The number of rotatable bonds is 2. The van der Waals surface area contributed by atoms with Gasteiger partial charge in [0.2, 0.25) is 0 Å². The van der Waals surface area contributed by atoms with Crippen molar-refractivity contribution < 1.29 is 0 Å². The molecule has 0 saturated heterocycles. The number of hydrogen-bond acceptors (Lipinski definition) is 12. The van der Waals surface area contributed by atoms with Gasteiger partial charge in [-0.3, -0.25) is 0 Å². The highest BCUT2D eigenvalue weighted by atomic mass is 16.5. The Morgan fingerprint density at radius 1 is 0.375 bits per heavy atom. The topological polar surface area (TPSA) is 286 Å². The summed E-state index contributed by atoms with van der Waals surface area (Å²) in [6, 6.07) is 0. The molecule has 12 nitrogen and oxygen atoms in total. The first kappa shape index (κ1) is 16.6. The summed E-state index contributed by atoms with van der Waals surface area (Å²) in [5.74, 6) is 0. The minimum atomic E-state index is -0.277. The Morgan fingerprint density at radius 2 is 0.542 bits per heavy atom. The normalized spacial score (nSPS) is 10.7. The molecule has 0 heterocycles. The quantitative estimate of drug-likeness (QED) is 0.237. The van der Waals surface area contributed by atoms with Crippen LogP contribution >= 0.6 is 0 Å². The summed E-state index contributed by atoms with van der Waals surface area (Å²) in [6.07, 6.45) is 0. The summed E-state index contributed by atoms with van der Waals surface area (Å²) >= 11 is 0. The van der Waals surface area contributed by atoms with Gasteiger partial charge in [0.15, 0.2) is 0 Å². The molecular formula is C12H20N11O-. The lowest BCUT2D eigenvalue weighted by molar-refractivity contribution is 1.31. The summed E-state index contributed by atoms with van der Waals surface area (Å²) in [5.41, 5.74) is 55.9. The van der Waals surface area contributed by atoms with E-state index in [0.29, 0.717) is 0 Å². The van der Waals surface area contributed by atoms with Gasteiger partial charge in [0, 0.05) is 0 Å². The molecule has 0 fully saturated rings. The van der Waals surface area contributed by atoms with Crippen molar-refractivity contribution in [2.45, 2.75) is 0 Å². The van der Waals surface area contributed by atoms with Crippen LogP contribution in [0.1, 0.15) is 0 Å². The van der Waals surface area contributed by atoms with Crippen molar-refractivity contribution >= 4 is 68.2 Å². The summed E-state index contributed by atoms with van der Waals surface area (Å²) < 4.78 is 0. The zero-order chi connectivity index (χ0) is 18.5. The highest BCUT2D eigenvalue weighted by molar-refractivity contribution is 6.10. The Balaban J connectivity index is 2.84. The lowest BCUT2D eigenvalue weighted by atomic mass is 10.1. The predicted molar refractivity (Wildman–Crippen MR) is 103 cm³/mol. The molecule has 0 spiro atoms. The number of nitrogens with zero attached hydrogens (tertiary/aromatic N) is 1. The Morgan fingerprint density at radius 3 is 0.750 bits per heavy atom. The number of benzene rings is 2. The van der Waals surface area contributed by atoms with Gasteiger partial charge in [0.05, 0.1) is 68.2 Å². The van der Waals surface area contributed by atoms with Crippen LogP contribution in [0.5, 0.6) is 0 Å². The number of hydrogen-bond donors (Lipinski definition) is 10. The molecule has 20 N–H and O–H groups in total. The van der Waals surface area contributed by atoms with Crippen molar-refractivity contribution in [3.63, 3.8) is 0 Å². The van der Waals surface area contributed by atoms with Crippen LogP contribution in [0.4, 0.5) is 68.2 Å². The van der Waals surface area contributed by atoms with Gasteiger partial charge in [0.1, 0.15) is 0 Å². The average molecular weight is 334 g/mol. The highest BCUT2D eigenvalue weighted by Gasteiger charge is 2.23. The summed E-state index contributed by atoms with van der Waals surface area (Å²) in [7, 11) is 0. The molecule has 0 radical (unpaired) electrons. The Bertz CT molecular complexity index is 720. The third-order valence-electron chi connectivity index (χ3n) is 3.75. The van der Waals surface area contributed by atoms with E-state index in [9.17, 15) is 5.21 Å². The van der Waals surface area contributed by atoms with E-state index >= 15 is 0 Å². The van der Waals surface area contributed by atoms with Gasteiger partial charge in [-0.15, -0.1) is 0 Å². The zero-order valence-corrected chi connectivity index (χ0v) is 12.6. The Labute approximate surface area is 136 Å². The minimum Gasteiger partial charge on any atom is -0.754 e. The smallest absolute Gasteiger partial charge is 0.0825 e. The SMILES string of the molecule is Nc1c(N)c(N)c(N([O-])c2c(N)c(N)c(N)c(N)c2N)c(N)c1N. The van der Waals surface area contributed by atoms with Gasteiger partial charge in [-0.1, -0.05) is 0 Å². The molecule has 12 heteroatoms. The minimum absolute atomic E-state index is 0.0422. The molecule has 0 aliphatic heterocycles. The van der Waals surface area contributed by atoms with Gasteiger partial charge >= 0.3 is 0 Å². The van der Waals surface area contributed by atoms with Gasteiger partial charge < -0.3 is 67.6 Å². The maximum absolute atomic E-state index is 12.9. The maximum atomic E-state index is 12.9. The van der Waals surface area contributed by atoms with Gasteiger partial charge in [-0.2, -0.15) is 0 Å². The summed E-state index contributed by atoms with van der Waals surface area (Å²) in [4.78, 5) is 0. The first-order chi connectivity index (χ1) is 11.0. The van der Waals surface area contributed by atoms with Crippen LogP contribution in [0.3, 0.4) is 0 Å². The van der Waals surface area contributed by atoms with E-state index in [0.717, 1.165) is 0 Å². The van der Waals surface area contributed by atoms with Crippen LogP contribution in [0.15, 0.2) is 0 Å². The van der Waals surface area contributed by atoms with Crippen molar-refractivity contribution in [2.24, 2.45) is 0 Å². The molecular weight excluding hydrogens is 314 g/mol. The summed E-state index contributed by atoms with van der Waals surface area (Å²) in [6.45, 7) is 0. The zero-order valence-electron chi connectivity index (χ0n) is 12.6. The van der Waals surface area contributed by atoms with Crippen molar-refractivity contribution in [3.8, 4) is 0 Å². The van der Waals surface area contributed by atoms with Crippen LogP contribution < -0.4 is 62.4 Å². The van der Waals surface area contributed by atoms with E-state index in [1.807, 2.05) is 0 Å². The molecule has 0 unspecified atom stereocenters. The van der Waals surface area contributed by atoms with Crippen LogP contribution in [0, 0.1) is 5.21 Å². The van der Waals surface area contributed by atoms with Crippen molar-refractivity contribution in [3.05, 3.63) is 5.21 Å². The second-order valence-corrected chi connectivity index (χ2v) is 5.13. The van der Waals surface area contributed by atoms with Gasteiger partial charge in [0.25, 0.3) is 0 Å². The molecule has 0 aliphatic carbocycles. The Hall–Kier alpha value is -3.80. The first-order valence-corrected chi connectivity index (χ1v) is 6.52. The van der Waals surface area contributed by atoms with Crippen LogP contribution in [0.25, 0.3) is 0 Å². The van der Waals surface area contributed by atoms with E-state index in [1.54, 1.807) is 0 Å². The van der Waals surface area contributed by atoms with Gasteiger partial charge in [-0.25, -0.2) is 0 Å². The van der Waals surface area contributed by atoms with Crippen LogP contribution in [-0.2, 0) is 0 Å². The molecule has 0 aromatic heterocycles. The molecule has 2 rings (SSSR count). The van der Waals surface area contributed by atoms with E-state index < -0.39 is 0 Å². The van der Waals surface area contributed by atoms with Crippen LogP contribution in [-0.4, -0.2) is 0 Å². The highest BCUT2D eigenvalue weighted by Crippen LogP contribution is 2.51. The van der Waals surface area contributed by atoms with E-state index in [-0.39, 0.29) is 73.3 Å². The maximum Gasteiger partial charge on any atom is 0.0825 e. The fourth-order valence-electron chi connectivity index (χ4n) is 2.22. The standard InChI is InChI=1S/C12H20N11O/c13-1-3(15)7(19)11(8(20)4(1)16)23(24)12-9(21)5(17)2(14)6(18)10(12)22/h13-22H2/q-1. The molecule has 0 saturated carbocycles. The van der Waals surface area contributed by atoms with Crippen molar-refractivity contribution in [2.75, 3.05) is 62.4 Å². The average Bonchev–Trinajstić information content (AvgIpc) is 2.55. The van der Waals surface area contributed by atoms with Crippen molar-refractivity contribution in [1.82, 2.24) is 0 Å². The van der Waals surface area contributed by atoms with E-state index in [4.69, 9.17) is 57.3 Å². The molecule has 2 aromatic carbocycles. The van der Waals surface area contributed by atoms with Gasteiger partial charge in [-0.05, 0) is 0 Å². The second-order valence-electron chi connectivity index (χ2n) is 5.13. The fraction of sp³-hybridized carbons (Fsp3) is 0. The third-order valence-corrected chi connectivity index (χ3v) is 3.75. The molecule has 0 atom stereocenters. The molecule has 130 valence electrons. The number of nitrogen functional groups attached to an aromatic ring is 10. The number of nitrogens with two attached hydrogens (primary N) is 10. The second kappa shape index (κ2) is 5.13. The van der Waals surface area contributed by atoms with E-state index in [2.05, 4.69) is 0 Å². The molecule has 2 aromatic rings.